The average Bonchev–Trinajstić information content (AvgIpc) is 3.47. The van der Waals surface area contributed by atoms with Gasteiger partial charge in [-0.2, -0.15) is 4.98 Å². The van der Waals surface area contributed by atoms with Gasteiger partial charge in [0.15, 0.2) is 5.65 Å². The molecule has 30 heavy (non-hydrogen) atoms. The van der Waals surface area contributed by atoms with E-state index < -0.39 is 0 Å². The fourth-order valence-electron chi connectivity index (χ4n) is 5.28. The standard InChI is InChI=1S/C22H25N5O3/c1-12-5-19-13(3-4-30-19)8-17(12)24-21-23-9-18-20(25-21)27(22(28)26(18)2)16-6-14-10-29-11-15(14)7-16/h5,8-9,14-16H,3-4,6-7,10-11H2,1-2H3,(H,23,24,25). The lowest BCUT2D eigenvalue weighted by atomic mass is 10.0. The van der Waals surface area contributed by atoms with Gasteiger partial charge in [-0.1, -0.05) is 0 Å². The summed E-state index contributed by atoms with van der Waals surface area (Å²) in [5.41, 5.74) is 4.68. The summed E-state index contributed by atoms with van der Waals surface area (Å²) in [6.07, 6.45) is 4.60. The quantitative estimate of drug-likeness (QED) is 0.719. The van der Waals surface area contributed by atoms with Crippen LogP contribution in [0.2, 0.25) is 0 Å². The molecule has 2 fully saturated rings. The lowest BCUT2D eigenvalue weighted by Crippen LogP contribution is -2.25. The molecule has 2 aromatic heterocycles. The zero-order chi connectivity index (χ0) is 20.4. The van der Waals surface area contributed by atoms with Crippen LogP contribution in [0.5, 0.6) is 5.75 Å². The number of fused-ring (bicyclic) bond motifs is 3. The summed E-state index contributed by atoms with van der Waals surface area (Å²) in [6, 6.07) is 4.34. The van der Waals surface area contributed by atoms with Gasteiger partial charge in [0.25, 0.3) is 0 Å². The molecule has 8 heteroatoms. The first-order valence-electron chi connectivity index (χ1n) is 10.6. The van der Waals surface area contributed by atoms with Crippen LogP contribution in [0.1, 0.15) is 30.0 Å². The second-order valence-corrected chi connectivity index (χ2v) is 8.80. The number of imidazole rings is 1. The zero-order valence-electron chi connectivity index (χ0n) is 17.2. The number of hydrogen-bond donors (Lipinski definition) is 1. The first kappa shape index (κ1) is 17.9. The van der Waals surface area contributed by atoms with E-state index in [9.17, 15) is 4.79 Å². The van der Waals surface area contributed by atoms with Crippen molar-refractivity contribution in [2.45, 2.75) is 32.2 Å². The molecule has 2 aliphatic heterocycles. The summed E-state index contributed by atoms with van der Waals surface area (Å²) in [5.74, 6) is 2.56. The van der Waals surface area contributed by atoms with Crippen LogP contribution in [-0.4, -0.2) is 38.9 Å². The minimum atomic E-state index is -0.0202. The van der Waals surface area contributed by atoms with Crippen molar-refractivity contribution >= 4 is 22.8 Å². The molecule has 4 heterocycles. The first-order chi connectivity index (χ1) is 14.6. The Morgan fingerprint density at radius 2 is 2.00 bits per heavy atom. The summed E-state index contributed by atoms with van der Waals surface area (Å²) in [7, 11) is 1.79. The summed E-state index contributed by atoms with van der Waals surface area (Å²) in [4.78, 5) is 22.3. The minimum Gasteiger partial charge on any atom is -0.493 e. The highest BCUT2D eigenvalue weighted by Crippen LogP contribution is 2.43. The lowest BCUT2D eigenvalue weighted by Gasteiger charge is -2.14. The van der Waals surface area contributed by atoms with Gasteiger partial charge in [0.2, 0.25) is 5.95 Å². The van der Waals surface area contributed by atoms with Crippen molar-refractivity contribution in [3.63, 3.8) is 0 Å². The van der Waals surface area contributed by atoms with E-state index in [1.165, 1.54) is 5.56 Å². The molecule has 0 bridgehead atoms. The third kappa shape index (κ3) is 2.66. The van der Waals surface area contributed by atoms with E-state index in [1.807, 2.05) is 11.5 Å². The van der Waals surface area contributed by atoms with Crippen molar-refractivity contribution in [3.05, 3.63) is 39.9 Å². The van der Waals surface area contributed by atoms with Crippen LogP contribution < -0.4 is 15.7 Å². The molecule has 1 N–H and O–H groups in total. The normalized spacial score (nSPS) is 24.8. The minimum absolute atomic E-state index is 0.0202. The zero-order valence-corrected chi connectivity index (χ0v) is 17.2. The van der Waals surface area contributed by atoms with E-state index in [-0.39, 0.29) is 11.7 Å². The van der Waals surface area contributed by atoms with E-state index in [0.717, 1.165) is 61.6 Å². The molecular formula is C22H25N5O3. The van der Waals surface area contributed by atoms with Gasteiger partial charge in [0, 0.05) is 38.4 Å². The third-order valence-corrected chi connectivity index (χ3v) is 6.96. The molecule has 1 aromatic carbocycles. The molecule has 0 radical (unpaired) electrons. The van der Waals surface area contributed by atoms with Crippen LogP contribution in [0.3, 0.4) is 0 Å². The highest BCUT2D eigenvalue weighted by atomic mass is 16.5. The van der Waals surface area contributed by atoms with Gasteiger partial charge in [0.1, 0.15) is 11.3 Å². The topological polar surface area (TPSA) is 83.2 Å². The van der Waals surface area contributed by atoms with E-state index >= 15 is 0 Å². The number of aromatic nitrogens is 4. The molecule has 0 amide bonds. The van der Waals surface area contributed by atoms with Gasteiger partial charge in [0.05, 0.1) is 12.8 Å². The highest BCUT2D eigenvalue weighted by Gasteiger charge is 2.40. The fraction of sp³-hybridized carbons (Fsp3) is 0.500. The SMILES string of the molecule is Cc1cc2c(cc1Nc1ncc3c(n1)n(C1CC4COCC4C1)c(=O)n3C)CCO2. The predicted octanol–water partition coefficient (Wildman–Crippen LogP) is 2.71. The van der Waals surface area contributed by atoms with E-state index in [0.29, 0.717) is 23.4 Å². The molecule has 1 saturated carbocycles. The Balaban J connectivity index is 1.39. The second-order valence-electron chi connectivity index (χ2n) is 8.80. The van der Waals surface area contributed by atoms with Crippen LogP contribution in [0.25, 0.3) is 11.2 Å². The molecule has 3 aromatic rings. The Morgan fingerprint density at radius 3 is 2.80 bits per heavy atom. The van der Waals surface area contributed by atoms with Crippen molar-refractivity contribution < 1.29 is 9.47 Å². The second kappa shape index (κ2) is 6.57. The van der Waals surface area contributed by atoms with E-state index in [1.54, 1.807) is 17.8 Å². The van der Waals surface area contributed by atoms with Crippen molar-refractivity contribution in [1.82, 2.24) is 19.1 Å². The molecule has 0 spiro atoms. The van der Waals surface area contributed by atoms with Gasteiger partial charge in [-0.15, -0.1) is 0 Å². The number of hydrogen-bond acceptors (Lipinski definition) is 6. The van der Waals surface area contributed by atoms with Crippen molar-refractivity contribution in [2.75, 3.05) is 25.1 Å². The number of nitrogens with one attached hydrogen (secondary N) is 1. The maximum Gasteiger partial charge on any atom is 0.330 e. The molecule has 156 valence electrons. The van der Waals surface area contributed by atoms with Gasteiger partial charge >= 0.3 is 5.69 Å². The Morgan fingerprint density at radius 1 is 1.20 bits per heavy atom. The van der Waals surface area contributed by atoms with Crippen LogP contribution >= 0.6 is 0 Å². The molecule has 8 nitrogen and oxygen atoms in total. The number of aryl methyl sites for hydroxylation is 2. The fourth-order valence-corrected chi connectivity index (χ4v) is 5.28. The van der Waals surface area contributed by atoms with Crippen LogP contribution in [0.4, 0.5) is 11.6 Å². The van der Waals surface area contributed by atoms with Crippen LogP contribution in [0, 0.1) is 18.8 Å². The average molecular weight is 407 g/mol. The van der Waals surface area contributed by atoms with Gasteiger partial charge in [-0.05, 0) is 54.9 Å². The number of nitrogens with zero attached hydrogens (tertiary/aromatic N) is 4. The third-order valence-electron chi connectivity index (χ3n) is 6.96. The molecule has 1 aliphatic carbocycles. The van der Waals surface area contributed by atoms with Gasteiger partial charge in [-0.25, -0.2) is 9.78 Å². The Bertz CT molecular complexity index is 1200. The summed E-state index contributed by atoms with van der Waals surface area (Å²) in [6.45, 7) is 4.39. The first-order valence-corrected chi connectivity index (χ1v) is 10.6. The largest absolute Gasteiger partial charge is 0.493 e. The maximum atomic E-state index is 13.0. The molecule has 2 unspecified atom stereocenters. The van der Waals surface area contributed by atoms with E-state index in [2.05, 4.69) is 22.4 Å². The number of rotatable bonds is 3. The van der Waals surface area contributed by atoms with Crippen molar-refractivity contribution in [3.8, 4) is 5.75 Å². The Hall–Kier alpha value is -2.87. The van der Waals surface area contributed by atoms with Crippen LogP contribution in [0.15, 0.2) is 23.1 Å². The monoisotopic (exact) mass is 407 g/mol. The van der Waals surface area contributed by atoms with E-state index in [4.69, 9.17) is 14.5 Å². The van der Waals surface area contributed by atoms with Crippen molar-refractivity contribution in [2.24, 2.45) is 18.9 Å². The molecule has 6 rings (SSSR count). The van der Waals surface area contributed by atoms with Crippen molar-refractivity contribution in [1.29, 1.82) is 0 Å². The number of anilines is 2. The predicted molar refractivity (Wildman–Crippen MR) is 112 cm³/mol. The highest BCUT2D eigenvalue weighted by molar-refractivity contribution is 5.73. The smallest absolute Gasteiger partial charge is 0.330 e. The Labute approximate surface area is 173 Å². The molecule has 3 aliphatic rings. The number of ether oxygens (including phenoxy) is 2. The van der Waals surface area contributed by atoms with Gasteiger partial charge < -0.3 is 14.8 Å². The van der Waals surface area contributed by atoms with Crippen LogP contribution in [-0.2, 0) is 18.2 Å². The lowest BCUT2D eigenvalue weighted by molar-refractivity contribution is 0.167. The molecule has 1 saturated heterocycles. The maximum absolute atomic E-state index is 13.0. The molecular weight excluding hydrogens is 382 g/mol. The van der Waals surface area contributed by atoms with Gasteiger partial charge in [-0.3, -0.25) is 9.13 Å². The number of benzene rings is 1. The summed E-state index contributed by atoms with van der Waals surface area (Å²) >= 11 is 0. The summed E-state index contributed by atoms with van der Waals surface area (Å²) in [5, 5.41) is 3.36. The molecule has 2 atom stereocenters. The Kier molecular flexibility index (Phi) is 3.93. The summed E-state index contributed by atoms with van der Waals surface area (Å²) < 4.78 is 14.8.